The van der Waals surface area contributed by atoms with Gasteiger partial charge >= 0.3 is 0 Å². The van der Waals surface area contributed by atoms with Gasteiger partial charge in [-0.1, -0.05) is 0 Å². The number of carbonyl (C=O) groups is 1. The van der Waals surface area contributed by atoms with Gasteiger partial charge in [-0.05, 0) is 6.92 Å². The quantitative estimate of drug-likeness (QED) is 0.531. The van der Waals surface area contributed by atoms with Gasteiger partial charge in [-0.3, -0.25) is 4.79 Å². The lowest BCUT2D eigenvalue weighted by Gasteiger charge is -2.26. The van der Waals surface area contributed by atoms with Crippen molar-refractivity contribution < 1.29 is 13.2 Å². The molecule has 1 rings (SSSR count). The van der Waals surface area contributed by atoms with Crippen molar-refractivity contribution in [1.82, 2.24) is 19.7 Å². The second-order valence-electron chi connectivity index (χ2n) is 3.75. The third kappa shape index (κ3) is 4.99. The van der Waals surface area contributed by atoms with Crippen molar-refractivity contribution in [1.29, 1.82) is 0 Å². The van der Waals surface area contributed by atoms with Crippen LogP contribution in [0.3, 0.4) is 0 Å². The van der Waals surface area contributed by atoms with Gasteiger partial charge in [0.25, 0.3) is 10.2 Å². The van der Waals surface area contributed by atoms with Crippen LogP contribution in [0.15, 0.2) is 0 Å². The van der Waals surface area contributed by atoms with E-state index < -0.39 is 10.2 Å². The molecule has 0 unspecified atom stereocenters. The summed E-state index contributed by atoms with van der Waals surface area (Å²) in [5.41, 5.74) is 0. The van der Waals surface area contributed by atoms with Crippen molar-refractivity contribution in [2.24, 2.45) is 0 Å². The predicted octanol–water partition coefficient (Wildman–Crippen LogP) is -1.75. The van der Waals surface area contributed by atoms with Gasteiger partial charge in [-0.25, -0.2) is 4.72 Å². The molecular formula is C9H20N4O3S. The SMILES string of the molecule is CCNC(=O)CCNS(=O)(=O)N1CCNCC1. The Balaban J connectivity index is 2.31. The first-order chi connectivity index (χ1) is 8.06. The van der Waals surface area contributed by atoms with E-state index in [0.717, 1.165) is 0 Å². The van der Waals surface area contributed by atoms with E-state index in [4.69, 9.17) is 0 Å². The van der Waals surface area contributed by atoms with Crippen LogP contribution >= 0.6 is 0 Å². The van der Waals surface area contributed by atoms with Gasteiger partial charge in [-0.15, -0.1) is 0 Å². The lowest BCUT2D eigenvalue weighted by molar-refractivity contribution is -0.120. The van der Waals surface area contributed by atoms with Crippen molar-refractivity contribution >= 4 is 16.1 Å². The minimum absolute atomic E-state index is 0.137. The summed E-state index contributed by atoms with van der Waals surface area (Å²) in [6, 6.07) is 0. The maximum Gasteiger partial charge on any atom is 0.279 e. The molecule has 3 N–H and O–H groups in total. The second kappa shape index (κ2) is 6.90. The van der Waals surface area contributed by atoms with Crippen molar-refractivity contribution in [3.05, 3.63) is 0 Å². The summed E-state index contributed by atoms with van der Waals surface area (Å²) >= 11 is 0. The number of piperazine rings is 1. The minimum Gasteiger partial charge on any atom is -0.356 e. The molecule has 1 saturated heterocycles. The molecule has 0 bridgehead atoms. The van der Waals surface area contributed by atoms with Gasteiger partial charge in [0.05, 0.1) is 0 Å². The Morgan fingerprint density at radius 2 is 2.00 bits per heavy atom. The van der Waals surface area contributed by atoms with Crippen LogP contribution in [0.25, 0.3) is 0 Å². The molecule has 0 radical (unpaired) electrons. The monoisotopic (exact) mass is 264 g/mol. The summed E-state index contributed by atoms with van der Waals surface area (Å²) in [5.74, 6) is -0.143. The van der Waals surface area contributed by atoms with Gasteiger partial charge in [0, 0.05) is 45.7 Å². The second-order valence-corrected chi connectivity index (χ2v) is 5.51. The summed E-state index contributed by atoms with van der Waals surface area (Å²) < 4.78 is 27.4. The van der Waals surface area contributed by atoms with Gasteiger partial charge in [0.2, 0.25) is 5.91 Å². The Kier molecular flexibility index (Phi) is 5.83. The lowest BCUT2D eigenvalue weighted by atomic mass is 10.4. The third-order valence-electron chi connectivity index (χ3n) is 2.43. The first-order valence-corrected chi connectivity index (χ1v) is 7.22. The van der Waals surface area contributed by atoms with Crippen molar-refractivity contribution in [2.45, 2.75) is 13.3 Å². The minimum atomic E-state index is -3.43. The molecule has 1 aliphatic rings. The summed E-state index contributed by atoms with van der Waals surface area (Å²) in [6.45, 7) is 4.78. The number of rotatable bonds is 6. The molecule has 7 nitrogen and oxygen atoms in total. The number of nitrogens with zero attached hydrogens (tertiary/aromatic N) is 1. The summed E-state index contributed by atoms with van der Waals surface area (Å²) in [5, 5.41) is 5.69. The molecule has 17 heavy (non-hydrogen) atoms. The van der Waals surface area contributed by atoms with Crippen LogP contribution in [0.1, 0.15) is 13.3 Å². The third-order valence-corrected chi connectivity index (χ3v) is 4.04. The van der Waals surface area contributed by atoms with Crippen LogP contribution in [0, 0.1) is 0 Å². The predicted molar refractivity (Wildman–Crippen MR) is 64.7 cm³/mol. The van der Waals surface area contributed by atoms with E-state index in [2.05, 4.69) is 15.4 Å². The molecular weight excluding hydrogens is 244 g/mol. The highest BCUT2D eigenvalue weighted by molar-refractivity contribution is 7.87. The van der Waals surface area contributed by atoms with E-state index in [1.807, 2.05) is 6.92 Å². The van der Waals surface area contributed by atoms with Crippen molar-refractivity contribution in [3.8, 4) is 0 Å². The normalized spacial score (nSPS) is 17.9. The number of nitrogens with one attached hydrogen (secondary N) is 3. The number of hydrogen-bond acceptors (Lipinski definition) is 4. The number of amides is 1. The molecule has 0 spiro atoms. The smallest absolute Gasteiger partial charge is 0.279 e. The van der Waals surface area contributed by atoms with Crippen LogP contribution in [0.2, 0.25) is 0 Å². The highest BCUT2D eigenvalue weighted by atomic mass is 32.2. The molecule has 0 saturated carbocycles. The van der Waals surface area contributed by atoms with Crippen LogP contribution in [0.4, 0.5) is 0 Å². The maximum atomic E-state index is 11.8. The molecule has 100 valence electrons. The number of carbonyl (C=O) groups excluding carboxylic acids is 1. The van der Waals surface area contributed by atoms with Gasteiger partial charge in [0.15, 0.2) is 0 Å². The van der Waals surface area contributed by atoms with Crippen LogP contribution in [0.5, 0.6) is 0 Å². The largest absolute Gasteiger partial charge is 0.356 e. The van der Waals surface area contributed by atoms with Gasteiger partial charge < -0.3 is 10.6 Å². The maximum absolute atomic E-state index is 11.8. The summed E-state index contributed by atoms with van der Waals surface area (Å²) in [6.07, 6.45) is 0.166. The van der Waals surface area contributed by atoms with Crippen molar-refractivity contribution in [3.63, 3.8) is 0 Å². The van der Waals surface area contributed by atoms with E-state index in [0.29, 0.717) is 32.7 Å². The van der Waals surface area contributed by atoms with E-state index in [-0.39, 0.29) is 18.9 Å². The molecule has 8 heteroatoms. The standard InChI is InChI=1S/C9H20N4O3S/c1-2-11-9(14)3-4-12-17(15,16)13-7-5-10-6-8-13/h10,12H,2-8H2,1H3,(H,11,14). The Morgan fingerprint density at radius 1 is 1.35 bits per heavy atom. The Morgan fingerprint density at radius 3 is 2.59 bits per heavy atom. The Bertz CT molecular complexity index is 338. The fourth-order valence-corrected chi connectivity index (χ4v) is 2.76. The molecule has 0 aromatic heterocycles. The zero-order valence-electron chi connectivity index (χ0n) is 10.0. The Hall–Kier alpha value is -0.700. The molecule has 1 heterocycles. The van der Waals surface area contributed by atoms with Crippen molar-refractivity contribution in [2.75, 3.05) is 39.3 Å². The van der Waals surface area contributed by atoms with Crippen LogP contribution in [-0.2, 0) is 15.0 Å². The van der Waals surface area contributed by atoms with Crippen LogP contribution < -0.4 is 15.4 Å². The molecule has 1 fully saturated rings. The van der Waals surface area contributed by atoms with Crippen LogP contribution in [-0.4, -0.2) is 57.9 Å². The molecule has 0 aliphatic carbocycles. The van der Waals surface area contributed by atoms with E-state index in [1.54, 1.807) is 0 Å². The highest BCUT2D eigenvalue weighted by Crippen LogP contribution is 1.99. The Labute approximate surface area is 102 Å². The molecule has 1 amide bonds. The summed E-state index contributed by atoms with van der Waals surface area (Å²) in [4.78, 5) is 11.1. The van der Waals surface area contributed by atoms with E-state index in [1.165, 1.54) is 4.31 Å². The molecule has 0 aromatic rings. The fraction of sp³-hybridized carbons (Fsp3) is 0.889. The lowest BCUT2D eigenvalue weighted by Crippen LogP contribution is -2.50. The first-order valence-electron chi connectivity index (χ1n) is 5.78. The average molecular weight is 264 g/mol. The fourth-order valence-electron chi connectivity index (χ4n) is 1.56. The van der Waals surface area contributed by atoms with E-state index >= 15 is 0 Å². The highest BCUT2D eigenvalue weighted by Gasteiger charge is 2.22. The average Bonchev–Trinajstić information content (AvgIpc) is 2.30. The topological polar surface area (TPSA) is 90.5 Å². The molecule has 1 aliphatic heterocycles. The zero-order chi connectivity index (χ0) is 12.7. The van der Waals surface area contributed by atoms with Gasteiger partial charge in [-0.2, -0.15) is 12.7 Å². The first kappa shape index (κ1) is 14.4. The molecule has 0 aromatic carbocycles. The van der Waals surface area contributed by atoms with E-state index in [9.17, 15) is 13.2 Å². The number of hydrogen-bond donors (Lipinski definition) is 3. The summed E-state index contributed by atoms with van der Waals surface area (Å²) in [7, 11) is -3.43. The molecule has 0 atom stereocenters. The van der Waals surface area contributed by atoms with Gasteiger partial charge in [0.1, 0.15) is 0 Å². The zero-order valence-corrected chi connectivity index (χ0v) is 10.8.